The van der Waals surface area contributed by atoms with Gasteiger partial charge in [0.2, 0.25) is 5.91 Å². The quantitative estimate of drug-likeness (QED) is 0.925. The van der Waals surface area contributed by atoms with E-state index in [0.717, 1.165) is 34.0 Å². The summed E-state index contributed by atoms with van der Waals surface area (Å²) in [6.07, 6.45) is 2.61. The summed E-state index contributed by atoms with van der Waals surface area (Å²) in [5.41, 5.74) is 1.88. The number of likely N-dealkylation sites (N-methyl/N-ethyl adjacent to an activating group) is 1. The lowest BCUT2D eigenvalue weighted by molar-refractivity contribution is -0.127. The summed E-state index contributed by atoms with van der Waals surface area (Å²) in [5.74, 6) is 0.155. The minimum absolute atomic E-state index is 0.126. The number of nitrogens with one attached hydrogen (secondary N) is 1. The molecular weight excluding hydrogens is 306 g/mol. The van der Waals surface area contributed by atoms with E-state index >= 15 is 0 Å². The molecule has 98 valence electrons. The van der Waals surface area contributed by atoms with Crippen LogP contribution in [0.15, 0.2) is 34.9 Å². The first-order valence-corrected chi connectivity index (χ1v) is 7.00. The fourth-order valence-electron chi connectivity index (χ4n) is 2.39. The highest BCUT2D eigenvalue weighted by Gasteiger charge is 2.29. The Labute approximate surface area is 119 Å². The van der Waals surface area contributed by atoms with Crippen LogP contribution in [0.2, 0.25) is 0 Å². The lowest BCUT2D eigenvalue weighted by atomic mass is 10.1. The van der Waals surface area contributed by atoms with Gasteiger partial charge in [-0.05, 0) is 30.7 Å². The summed E-state index contributed by atoms with van der Waals surface area (Å²) in [5, 5.41) is 4.37. The number of carbonyl (C=O) groups excluding carboxylic acids is 1. The van der Waals surface area contributed by atoms with E-state index in [4.69, 9.17) is 0 Å². The minimum Gasteiger partial charge on any atom is -0.373 e. The molecule has 1 saturated heterocycles. The van der Waals surface area contributed by atoms with E-state index in [0.29, 0.717) is 0 Å². The highest BCUT2D eigenvalue weighted by molar-refractivity contribution is 9.10. The van der Waals surface area contributed by atoms with Crippen LogP contribution in [-0.2, 0) is 4.79 Å². The molecule has 1 aromatic heterocycles. The first-order chi connectivity index (χ1) is 9.15. The number of halogens is 1. The number of nitrogens with zero attached hydrogens (tertiary/aromatic N) is 2. The van der Waals surface area contributed by atoms with Gasteiger partial charge in [-0.3, -0.25) is 9.78 Å². The van der Waals surface area contributed by atoms with E-state index in [1.54, 1.807) is 11.1 Å². The van der Waals surface area contributed by atoms with E-state index in [-0.39, 0.29) is 11.9 Å². The van der Waals surface area contributed by atoms with Gasteiger partial charge in [-0.15, -0.1) is 0 Å². The molecule has 1 aliphatic rings. The molecule has 0 aliphatic carbocycles. The van der Waals surface area contributed by atoms with Crippen LogP contribution in [-0.4, -0.2) is 35.4 Å². The normalized spacial score (nSPS) is 19.2. The van der Waals surface area contributed by atoms with Crippen molar-refractivity contribution in [2.45, 2.75) is 12.5 Å². The summed E-state index contributed by atoms with van der Waals surface area (Å²) >= 11 is 3.44. The van der Waals surface area contributed by atoms with E-state index < -0.39 is 0 Å². The summed E-state index contributed by atoms with van der Waals surface area (Å²) in [7, 11) is 1.84. The van der Waals surface area contributed by atoms with Gasteiger partial charge in [0.25, 0.3) is 0 Å². The fourth-order valence-corrected chi connectivity index (χ4v) is 2.74. The Kier molecular flexibility index (Phi) is 3.14. The summed E-state index contributed by atoms with van der Waals surface area (Å²) in [4.78, 5) is 18.0. The van der Waals surface area contributed by atoms with E-state index in [1.807, 2.05) is 31.3 Å². The predicted octanol–water partition coefficient (Wildman–Crippen LogP) is 2.64. The Bertz CT molecular complexity index is 644. The third kappa shape index (κ3) is 2.30. The van der Waals surface area contributed by atoms with E-state index in [9.17, 15) is 4.79 Å². The number of anilines is 1. The van der Waals surface area contributed by atoms with Crippen LogP contribution >= 0.6 is 15.9 Å². The zero-order chi connectivity index (χ0) is 13.4. The van der Waals surface area contributed by atoms with Crippen LogP contribution in [0.1, 0.15) is 6.42 Å². The van der Waals surface area contributed by atoms with Crippen LogP contribution < -0.4 is 5.32 Å². The second-order valence-electron chi connectivity index (χ2n) is 4.77. The topological polar surface area (TPSA) is 45.2 Å². The SMILES string of the molecule is CN1CCC(Nc2ccnc3cc(Br)ccc23)C1=O. The molecule has 1 aliphatic heterocycles. The number of carbonyl (C=O) groups is 1. The number of benzene rings is 1. The lowest BCUT2D eigenvalue weighted by Gasteiger charge is -2.15. The molecule has 2 heterocycles. The number of fused-ring (bicyclic) bond motifs is 1. The fraction of sp³-hybridized carbons (Fsp3) is 0.286. The number of pyridine rings is 1. The number of rotatable bonds is 2. The number of aromatic nitrogens is 1. The van der Waals surface area contributed by atoms with Crippen LogP contribution in [0.5, 0.6) is 0 Å². The molecule has 5 heteroatoms. The van der Waals surface area contributed by atoms with Crippen molar-refractivity contribution in [2.24, 2.45) is 0 Å². The third-order valence-electron chi connectivity index (χ3n) is 3.46. The molecule has 19 heavy (non-hydrogen) atoms. The summed E-state index contributed by atoms with van der Waals surface area (Å²) in [6, 6.07) is 7.76. The van der Waals surface area contributed by atoms with Gasteiger partial charge in [0.05, 0.1) is 5.52 Å². The second-order valence-corrected chi connectivity index (χ2v) is 5.68. The molecule has 0 spiro atoms. The van der Waals surface area contributed by atoms with E-state index in [2.05, 4.69) is 26.2 Å². The number of amides is 1. The number of likely N-dealkylation sites (tertiary alicyclic amines) is 1. The second kappa shape index (κ2) is 4.81. The van der Waals surface area contributed by atoms with Crippen LogP contribution in [0.3, 0.4) is 0 Å². The zero-order valence-corrected chi connectivity index (χ0v) is 12.1. The highest BCUT2D eigenvalue weighted by Crippen LogP contribution is 2.26. The summed E-state index contributed by atoms with van der Waals surface area (Å²) < 4.78 is 1.00. The molecule has 1 amide bonds. The molecule has 1 fully saturated rings. The van der Waals surface area contributed by atoms with Crippen LogP contribution in [0.25, 0.3) is 10.9 Å². The maximum absolute atomic E-state index is 11.9. The van der Waals surface area contributed by atoms with E-state index in [1.165, 1.54) is 0 Å². The molecule has 0 saturated carbocycles. The molecule has 1 aromatic carbocycles. The lowest BCUT2D eigenvalue weighted by Crippen LogP contribution is -2.30. The smallest absolute Gasteiger partial charge is 0.244 e. The average molecular weight is 320 g/mol. The molecule has 4 nitrogen and oxygen atoms in total. The summed E-state index contributed by atoms with van der Waals surface area (Å²) in [6.45, 7) is 0.811. The largest absolute Gasteiger partial charge is 0.373 e. The molecule has 0 bridgehead atoms. The monoisotopic (exact) mass is 319 g/mol. The standard InChI is InChI=1S/C14H14BrN3O/c1-18-7-5-12(14(18)19)17-11-4-6-16-13-8-9(15)2-3-10(11)13/h2-4,6,8,12H,5,7H2,1H3,(H,16,17). The number of hydrogen-bond acceptors (Lipinski definition) is 3. The van der Waals surface area contributed by atoms with Crippen molar-refractivity contribution in [2.75, 3.05) is 18.9 Å². The highest BCUT2D eigenvalue weighted by atomic mass is 79.9. The average Bonchev–Trinajstić information content (AvgIpc) is 2.71. The number of hydrogen-bond donors (Lipinski definition) is 1. The molecule has 1 N–H and O–H groups in total. The zero-order valence-electron chi connectivity index (χ0n) is 10.6. The van der Waals surface area contributed by atoms with Crippen molar-refractivity contribution in [3.05, 3.63) is 34.9 Å². The predicted molar refractivity (Wildman–Crippen MR) is 79.1 cm³/mol. The van der Waals surface area contributed by atoms with Crippen LogP contribution in [0, 0.1) is 0 Å². The van der Waals surface area contributed by atoms with Gasteiger partial charge in [-0.1, -0.05) is 15.9 Å². The molecule has 2 aromatic rings. The van der Waals surface area contributed by atoms with Crippen LogP contribution in [0.4, 0.5) is 5.69 Å². The molecule has 0 radical (unpaired) electrons. The first-order valence-electron chi connectivity index (χ1n) is 6.21. The van der Waals surface area contributed by atoms with Gasteiger partial charge in [-0.25, -0.2) is 0 Å². The maximum atomic E-state index is 11.9. The Hall–Kier alpha value is -1.62. The van der Waals surface area contributed by atoms with Gasteiger partial charge >= 0.3 is 0 Å². The Balaban J connectivity index is 1.95. The van der Waals surface area contributed by atoms with Crippen molar-refractivity contribution < 1.29 is 4.79 Å². The maximum Gasteiger partial charge on any atom is 0.244 e. The molecular formula is C14H14BrN3O. The Morgan fingerprint density at radius 2 is 2.26 bits per heavy atom. The van der Waals surface area contributed by atoms with Crippen molar-refractivity contribution in [1.82, 2.24) is 9.88 Å². The molecule has 3 rings (SSSR count). The third-order valence-corrected chi connectivity index (χ3v) is 3.96. The van der Waals surface area contributed by atoms with Gasteiger partial charge < -0.3 is 10.2 Å². The molecule has 1 atom stereocenters. The van der Waals surface area contributed by atoms with Gasteiger partial charge in [0, 0.05) is 35.3 Å². The minimum atomic E-state index is -0.126. The van der Waals surface area contributed by atoms with Crippen molar-refractivity contribution in [3.8, 4) is 0 Å². The Morgan fingerprint density at radius 3 is 3.00 bits per heavy atom. The van der Waals surface area contributed by atoms with Crippen molar-refractivity contribution in [3.63, 3.8) is 0 Å². The van der Waals surface area contributed by atoms with Gasteiger partial charge in [-0.2, -0.15) is 0 Å². The van der Waals surface area contributed by atoms with Crippen molar-refractivity contribution in [1.29, 1.82) is 0 Å². The van der Waals surface area contributed by atoms with Gasteiger partial charge in [0.1, 0.15) is 6.04 Å². The molecule has 1 unspecified atom stereocenters. The van der Waals surface area contributed by atoms with Gasteiger partial charge in [0.15, 0.2) is 0 Å². The first kappa shape index (κ1) is 12.4. The Morgan fingerprint density at radius 1 is 1.42 bits per heavy atom. The van der Waals surface area contributed by atoms with Crippen molar-refractivity contribution >= 4 is 38.4 Å².